The molecule has 3 rings (SSSR count). The molecule has 6 nitrogen and oxygen atoms in total. The average molecular weight is 403 g/mol. The number of rotatable bonds is 6. The standard InChI is InChI=1S/C21H30N4O2S/c1-4-22-21(28)25(8-7-24-9-11-27-12-10-24)14-18-13-17-6-5-15(2)16(3)19(17)23-20(18)26/h5-6,13H,4,7-12,14H2,1-3H3,(H,22,28)(H,23,26). The monoisotopic (exact) mass is 402 g/mol. The lowest BCUT2D eigenvalue weighted by molar-refractivity contribution is 0.0357. The molecule has 2 N–H and O–H groups in total. The number of hydrogen-bond donors (Lipinski definition) is 2. The van der Waals surface area contributed by atoms with Crippen molar-refractivity contribution in [2.24, 2.45) is 0 Å². The molecule has 1 saturated heterocycles. The normalized spacial score (nSPS) is 15.0. The fourth-order valence-corrected chi connectivity index (χ4v) is 3.80. The number of thiocarbonyl (C=S) groups is 1. The molecule has 7 heteroatoms. The van der Waals surface area contributed by atoms with E-state index in [4.69, 9.17) is 17.0 Å². The summed E-state index contributed by atoms with van der Waals surface area (Å²) in [6, 6.07) is 6.16. The van der Waals surface area contributed by atoms with Gasteiger partial charge < -0.3 is 19.9 Å². The largest absolute Gasteiger partial charge is 0.379 e. The smallest absolute Gasteiger partial charge is 0.253 e. The van der Waals surface area contributed by atoms with E-state index in [9.17, 15) is 4.79 Å². The lowest BCUT2D eigenvalue weighted by Crippen LogP contribution is -2.46. The molecule has 0 atom stereocenters. The van der Waals surface area contributed by atoms with Gasteiger partial charge in [0.1, 0.15) is 0 Å². The molecule has 2 aromatic rings. The van der Waals surface area contributed by atoms with Crippen LogP contribution in [0.5, 0.6) is 0 Å². The molecule has 2 heterocycles. The van der Waals surface area contributed by atoms with Gasteiger partial charge in [-0.1, -0.05) is 12.1 Å². The maximum absolute atomic E-state index is 12.7. The second-order valence-corrected chi connectivity index (χ2v) is 7.69. The molecule has 28 heavy (non-hydrogen) atoms. The number of nitrogens with one attached hydrogen (secondary N) is 2. The highest BCUT2D eigenvalue weighted by atomic mass is 32.1. The molecule has 152 valence electrons. The summed E-state index contributed by atoms with van der Waals surface area (Å²) in [4.78, 5) is 20.3. The van der Waals surface area contributed by atoms with Crippen molar-refractivity contribution in [3.63, 3.8) is 0 Å². The molecule has 0 aliphatic carbocycles. The molecular formula is C21H30N4O2S. The molecule has 1 aromatic carbocycles. The zero-order valence-corrected chi connectivity index (χ0v) is 17.8. The van der Waals surface area contributed by atoms with Crippen LogP contribution in [-0.2, 0) is 11.3 Å². The van der Waals surface area contributed by atoms with Crippen molar-refractivity contribution in [3.05, 3.63) is 45.2 Å². The zero-order chi connectivity index (χ0) is 20.1. The van der Waals surface area contributed by atoms with Crippen molar-refractivity contribution in [2.75, 3.05) is 45.9 Å². The molecule has 0 bridgehead atoms. The third kappa shape index (κ3) is 4.90. The topological polar surface area (TPSA) is 60.6 Å². The van der Waals surface area contributed by atoms with Crippen LogP contribution in [0, 0.1) is 13.8 Å². The molecule has 1 aromatic heterocycles. The van der Waals surface area contributed by atoms with Gasteiger partial charge >= 0.3 is 0 Å². The number of benzene rings is 1. The maximum atomic E-state index is 12.7. The molecule has 1 fully saturated rings. The Labute approximate surface area is 171 Å². The minimum atomic E-state index is -0.0446. The van der Waals surface area contributed by atoms with Gasteiger partial charge in [-0.2, -0.15) is 0 Å². The van der Waals surface area contributed by atoms with E-state index in [-0.39, 0.29) is 5.56 Å². The van der Waals surface area contributed by atoms with Crippen LogP contribution in [0.4, 0.5) is 0 Å². The van der Waals surface area contributed by atoms with E-state index in [1.165, 1.54) is 5.56 Å². The van der Waals surface area contributed by atoms with Gasteiger partial charge in [-0.25, -0.2) is 0 Å². The Morgan fingerprint density at radius 1 is 1.32 bits per heavy atom. The van der Waals surface area contributed by atoms with E-state index >= 15 is 0 Å². The summed E-state index contributed by atoms with van der Waals surface area (Å²) in [6.45, 7) is 12.5. The fraction of sp³-hybridized carbons (Fsp3) is 0.524. The first-order valence-electron chi connectivity index (χ1n) is 9.94. The molecule has 0 amide bonds. The SMILES string of the molecule is CCNC(=S)N(CCN1CCOCC1)Cc1cc2ccc(C)c(C)c2[nH]c1=O. The Morgan fingerprint density at radius 2 is 2.07 bits per heavy atom. The number of H-pyrrole nitrogens is 1. The number of nitrogens with zero attached hydrogens (tertiary/aromatic N) is 2. The Balaban J connectivity index is 1.80. The van der Waals surface area contributed by atoms with Crippen LogP contribution < -0.4 is 10.9 Å². The Hall–Kier alpha value is -1.96. The third-order valence-corrected chi connectivity index (χ3v) is 5.80. The van der Waals surface area contributed by atoms with Gasteiger partial charge in [0.05, 0.1) is 25.3 Å². The highest BCUT2D eigenvalue weighted by molar-refractivity contribution is 7.80. The third-order valence-electron chi connectivity index (χ3n) is 5.39. The first kappa shape index (κ1) is 20.8. The first-order valence-corrected chi connectivity index (χ1v) is 10.4. The van der Waals surface area contributed by atoms with Crippen molar-refractivity contribution in [2.45, 2.75) is 27.3 Å². The van der Waals surface area contributed by atoms with Gasteiger partial charge in [0.25, 0.3) is 5.56 Å². The number of morpholine rings is 1. The van der Waals surface area contributed by atoms with Crippen LogP contribution in [0.25, 0.3) is 10.9 Å². The Morgan fingerprint density at radius 3 is 2.79 bits per heavy atom. The second kappa shape index (κ2) is 9.49. The van der Waals surface area contributed by atoms with Crippen LogP contribution in [-0.4, -0.2) is 65.8 Å². The van der Waals surface area contributed by atoms with E-state index in [0.29, 0.717) is 11.7 Å². The summed E-state index contributed by atoms with van der Waals surface area (Å²) in [5.41, 5.74) is 3.91. The van der Waals surface area contributed by atoms with Gasteiger partial charge in [0, 0.05) is 38.3 Å². The summed E-state index contributed by atoms with van der Waals surface area (Å²) in [7, 11) is 0. The minimum absolute atomic E-state index is 0.0446. The predicted molar refractivity (Wildman–Crippen MR) is 118 cm³/mol. The predicted octanol–water partition coefficient (Wildman–Crippen LogP) is 2.17. The number of aromatic amines is 1. The molecule has 0 spiro atoms. The molecule has 0 radical (unpaired) electrons. The number of ether oxygens (including phenoxy) is 1. The molecule has 1 aliphatic rings. The Bertz CT molecular complexity index is 890. The number of aromatic nitrogens is 1. The van der Waals surface area contributed by atoms with Crippen molar-refractivity contribution in [1.82, 2.24) is 20.1 Å². The number of aryl methyl sites for hydroxylation is 2. The molecule has 0 saturated carbocycles. The summed E-state index contributed by atoms with van der Waals surface area (Å²) < 4.78 is 5.42. The van der Waals surface area contributed by atoms with Crippen LogP contribution >= 0.6 is 12.2 Å². The second-order valence-electron chi connectivity index (χ2n) is 7.31. The van der Waals surface area contributed by atoms with E-state index in [1.54, 1.807) is 0 Å². The van der Waals surface area contributed by atoms with E-state index in [0.717, 1.165) is 68.0 Å². The number of pyridine rings is 1. The summed E-state index contributed by atoms with van der Waals surface area (Å²) in [5.74, 6) is 0. The van der Waals surface area contributed by atoms with Gasteiger partial charge in [-0.15, -0.1) is 0 Å². The van der Waals surface area contributed by atoms with Crippen molar-refractivity contribution in [1.29, 1.82) is 0 Å². The van der Waals surface area contributed by atoms with Crippen LogP contribution in [0.15, 0.2) is 23.0 Å². The van der Waals surface area contributed by atoms with Gasteiger partial charge in [-0.05, 0) is 55.6 Å². The highest BCUT2D eigenvalue weighted by Crippen LogP contribution is 2.19. The van der Waals surface area contributed by atoms with Crippen molar-refractivity contribution >= 4 is 28.2 Å². The van der Waals surface area contributed by atoms with Crippen molar-refractivity contribution in [3.8, 4) is 0 Å². The molecule has 1 aliphatic heterocycles. The van der Waals surface area contributed by atoms with E-state index in [1.807, 2.05) is 19.9 Å². The minimum Gasteiger partial charge on any atom is -0.379 e. The lowest BCUT2D eigenvalue weighted by atomic mass is 10.0. The number of fused-ring (bicyclic) bond motifs is 1. The van der Waals surface area contributed by atoms with Crippen LogP contribution in [0.1, 0.15) is 23.6 Å². The summed E-state index contributed by atoms with van der Waals surface area (Å²) in [5, 5.41) is 4.97. The highest BCUT2D eigenvalue weighted by Gasteiger charge is 2.16. The summed E-state index contributed by atoms with van der Waals surface area (Å²) in [6.07, 6.45) is 0. The maximum Gasteiger partial charge on any atom is 0.253 e. The Kier molecular flexibility index (Phi) is 7.04. The van der Waals surface area contributed by atoms with Gasteiger partial charge in [0.15, 0.2) is 5.11 Å². The average Bonchev–Trinajstić information content (AvgIpc) is 2.70. The number of hydrogen-bond acceptors (Lipinski definition) is 4. The molecule has 0 unspecified atom stereocenters. The van der Waals surface area contributed by atoms with Crippen LogP contribution in [0.2, 0.25) is 0 Å². The summed E-state index contributed by atoms with van der Waals surface area (Å²) >= 11 is 5.58. The molecular weight excluding hydrogens is 372 g/mol. The van der Waals surface area contributed by atoms with E-state index in [2.05, 4.69) is 39.2 Å². The van der Waals surface area contributed by atoms with Gasteiger partial charge in [0.2, 0.25) is 0 Å². The quantitative estimate of drug-likeness (QED) is 0.723. The van der Waals surface area contributed by atoms with Crippen LogP contribution in [0.3, 0.4) is 0 Å². The fourth-order valence-electron chi connectivity index (χ4n) is 3.50. The zero-order valence-electron chi connectivity index (χ0n) is 17.0. The van der Waals surface area contributed by atoms with Gasteiger partial charge in [-0.3, -0.25) is 9.69 Å². The van der Waals surface area contributed by atoms with Crippen molar-refractivity contribution < 1.29 is 4.74 Å². The first-order chi connectivity index (χ1) is 13.5. The van der Waals surface area contributed by atoms with E-state index < -0.39 is 0 Å². The lowest BCUT2D eigenvalue weighted by Gasteiger charge is -2.31.